The van der Waals surface area contributed by atoms with E-state index in [9.17, 15) is 4.79 Å². The number of para-hydroxylation sites is 1. The van der Waals surface area contributed by atoms with Gasteiger partial charge in [-0.05, 0) is 49.6 Å². The fourth-order valence-corrected chi connectivity index (χ4v) is 3.17. The van der Waals surface area contributed by atoms with E-state index in [1.807, 2.05) is 60.7 Å². The quantitative estimate of drug-likeness (QED) is 0.681. The maximum absolute atomic E-state index is 12.3. The summed E-state index contributed by atoms with van der Waals surface area (Å²) in [5, 5.41) is 2.99. The van der Waals surface area contributed by atoms with Crippen molar-refractivity contribution in [2.75, 3.05) is 45.9 Å². The number of methoxy groups -OCH3 is 2. The molecule has 140 valence electrons. The SMILES string of the molecule is COc1ccc(CCN(C)CC(=O)Nc2ccccc2SC)cc1OC. The molecule has 0 saturated carbocycles. The van der Waals surface area contributed by atoms with Crippen molar-refractivity contribution in [3.05, 3.63) is 48.0 Å². The normalized spacial score (nSPS) is 10.7. The monoisotopic (exact) mass is 374 g/mol. The van der Waals surface area contributed by atoms with Crippen molar-refractivity contribution in [3.63, 3.8) is 0 Å². The molecule has 2 aromatic carbocycles. The van der Waals surface area contributed by atoms with Gasteiger partial charge in [0.25, 0.3) is 0 Å². The molecule has 0 aliphatic heterocycles. The van der Waals surface area contributed by atoms with Crippen LogP contribution in [0.3, 0.4) is 0 Å². The van der Waals surface area contributed by atoms with Crippen LogP contribution in [0.5, 0.6) is 11.5 Å². The van der Waals surface area contributed by atoms with Crippen LogP contribution in [0.15, 0.2) is 47.4 Å². The van der Waals surface area contributed by atoms with Crippen LogP contribution in [0.1, 0.15) is 5.56 Å². The zero-order valence-electron chi connectivity index (χ0n) is 15.7. The molecule has 0 saturated heterocycles. The molecule has 1 amide bonds. The van der Waals surface area contributed by atoms with Crippen LogP contribution >= 0.6 is 11.8 Å². The van der Waals surface area contributed by atoms with Gasteiger partial charge in [-0.3, -0.25) is 9.69 Å². The van der Waals surface area contributed by atoms with Crippen LogP contribution in [0, 0.1) is 0 Å². The zero-order chi connectivity index (χ0) is 18.9. The highest BCUT2D eigenvalue weighted by Crippen LogP contribution is 2.27. The van der Waals surface area contributed by atoms with Gasteiger partial charge in [-0.25, -0.2) is 0 Å². The number of rotatable bonds is 9. The van der Waals surface area contributed by atoms with Gasteiger partial charge in [0.2, 0.25) is 5.91 Å². The van der Waals surface area contributed by atoms with Crippen molar-refractivity contribution < 1.29 is 14.3 Å². The van der Waals surface area contributed by atoms with Crippen molar-refractivity contribution in [1.29, 1.82) is 0 Å². The standard InChI is InChI=1S/C20H26N2O3S/c1-22(12-11-15-9-10-17(24-2)18(13-15)25-3)14-20(23)21-16-7-5-6-8-19(16)26-4/h5-10,13H,11-12,14H2,1-4H3,(H,21,23). The molecule has 0 radical (unpaired) electrons. The molecule has 1 N–H and O–H groups in total. The summed E-state index contributed by atoms with van der Waals surface area (Å²) in [6.45, 7) is 1.11. The van der Waals surface area contributed by atoms with Gasteiger partial charge in [-0.2, -0.15) is 0 Å². The number of thioether (sulfide) groups is 1. The number of ether oxygens (including phenoxy) is 2. The number of amides is 1. The maximum Gasteiger partial charge on any atom is 0.238 e. The number of hydrogen-bond acceptors (Lipinski definition) is 5. The highest BCUT2D eigenvalue weighted by molar-refractivity contribution is 7.98. The number of hydrogen-bond donors (Lipinski definition) is 1. The van der Waals surface area contributed by atoms with Crippen LogP contribution in [0.25, 0.3) is 0 Å². The highest BCUT2D eigenvalue weighted by atomic mass is 32.2. The molecule has 0 bridgehead atoms. The van der Waals surface area contributed by atoms with E-state index in [-0.39, 0.29) is 5.91 Å². The minimum absolute atomic E-state index is 0.0127. The molecule has 2 rings (SSSR count). The Kier molecular flexibility index (Phi) is 7.81. The van der Waals surface area contributed by atoms with Gasteiger partial charge in [0.1, 0.15) is 0 Å². The summed E-state index contributed by atoms with van der Waals surface area (Å²) >= 11 is 1.62. The van der Waals surface area contributed by atoms with Gasteiger partial charge in [0, 0.05) is 11.4 Å². The Morgan fingerprint density at radius 3 is 2.54 bits per heavy atom. The Morgan fingerprint density at radius 1 is 1.12 bits per heavy atom. The van der Waals surface area contributed by atoms with Crippen LogP contribution in [0.4, 0.5) is 5.69 Å². The number of nitrogens with one attached hydrogen (secondary N) is 1. The van der Waals surface area contributed by atoms with E-state index in [0.29, 0.717) is 6.54 Å². The van der Waals surface area contributed by atoms with E-state index in [0.717, 1.165) is 40.6 Å². The Hall–Kier alpha value is -2.18. The van der Waals surface area contributed by atoms with Crippen molar-refractivity contribution in [2.24, 2.45) is 0 Å². The highest BCUT2D eigenvalue weighted by Gasteiger charge is 2.10. The third kappa shape index (κ3) is 5.68. The molecular formula is C20H26N2O3S. The molecule has 0 aliphatic rings. The predicted molar refractivity (Wildman–Crippen MR) is 108 cm³/mol. The predicted octanol–water partition coefficient (Wildman–Crippen LogP) is 3.54. The lowest BCUT2D eigenvalue weighted by Crippen LogP contribution is -2.31. The largest absolute Gasteiger partial charge is 0.493 e. The second-order valence-corrected chi connectivity index (χ2v) is 6.77. The fourth-order valence-electron chi connectivity index (χ4n) is 2.62. The first-order chi connectivity index (χ1) is 12.6. The van der Waals surface area contributed by atoms with Gasteiger partial charge < -0.3 is 14.8 Å². The van der Waals surface area contributed by atoms with Gasteiger partial charge in [0.15, 0.2) is 11.5 Å². The Morgan fingerprint density at radius 2 is 1.85 bits per heavy atom. The zero-order valence-corrected chi connectivity index (χ0v) is 16.6. The Labute approximate surface area is 159 Å². The minimum atomic E-state index is -0.0127. The van der Waals surface area contributed by atoms with Crippen LogP contribution in [0.2, 0.25) is 0 Å². The molecule has 2 aromatic rings. The third-order valence-corrected chi connectivity index (χ3v) is 4.82. The lowest BCUT2D eigenvalue weighted by Gasteiger charge is -2.17. The first kappa shape index (κ1) is 20.1. The van der Waals surface area contributed by atoms with E-state index in [4.69, 9.17) is 9.47 Å². The van der Waals surface area contributed by atoms with E-state index in [1.165, 1.54) is 0 Å². The average Bonchev–Trinajstić information content (AvgIpc) is 2.66. The average molecular weight is 375 g/mol. The van der Waals surface area contributed by atoms with E-state index in [2.05, 4.69) is 5.32 Å². The lowest BCUT2D eigenvalue weighted by atomic mass is 10.1. The summed E-state index contributed by atoms with van der Waals surface area (Å²) in [7, 11) is 5.20. The molecule has 0 spiro atoms. The number of carbonyl (C=O) groups is 1. The lowest BCUT2D eigenvalue weighted by molar-refractivity contribution is -0.117. The minimum Gasteiger partial charge on any atom is -0.493 e. The summed E-state index contributed by atoms with van der Waals surface area (Å²) in [6.07, 6.45) is 2.83. The maximum atomic E-state index is 12.3. The first-order valence-electron chi connectivity index (χ1n) is 8.39. The molecule has 26 heavy (non-hydrogen) atoms. The number of anilines is 1. The number of carbonyl (C=O) groups excluding carboxylic acids is 1. The molecule has 0 heterocycles. The Bertz CT molecular complexity index is 737. The van der Waals surface area contributed by atoms with Crippen molar-refractivity contribution in [3.8, 4) is 11.5 Å². The number of benzene rings is 2. The van der Waals surface area contributed by atoms with Gasteiger partial charge in [-0.15, -0.1) is 11.8 Å². The molecule has 0 atom stereocenters. The van der Waals surface area contributed by atoms with E-state index >= 15 is 0 Å². The molecule has 0 unspecified atom stereocenters. The number of nitrogens with zero attached hydrogens (tertiary/aromatic N) is 1. The smallest absolute Gasteiger partial charge is 0.238 e. The molecule has 0 aromatic heterocycles. The van der Waals surface area contributed by atoms with E-state index in [1.54, 1.807) is 26.0 Å². The van der Waals surface area contributed by atoms with Crippen molar-refractivity contribution >= 4 is 23.4 Å². The van der Waals surface area contributed by atoms with Crippen molar-refractivity contribution in [1.82, 2.24) is 4.90 Å². The van der Waals surface area contributed by atoms with Crippen LogP contribution in [-0.4, -0.2) is 51.4 Å². The molecular weight excluding hydrogens is 348 g/mol. The van der Waals surface area contributed by atoms with E-state index < -0.39 is 0 Å². The molecule has 5 nitrogen and oxygen atoms in total. The summed E-state index contributed by atoms with van der Waals surface area (Å²) in [5.41, 5.74) is 2.00. The van der Waals surface area contributed by atoms with Gasteiger partial charge in [-0.1, -0.05) is 18.2 Å². The van der Waals surface area contributed by atoms with Gasteiger partial charge >= 0.3 is 0 Å². The molecule has 0 fully saturated rings. The third-order valence-electron chi connectivity index (χ3n) is 4.02. The van der Waals surface area contributed by atoms with Crippen molar-refractivity contribution in [2.45, 2.75) is 11.3 Å². The van der Waals surface area contributed by atoms with Crippen LogP contribution < -0.4 is 14.8 Å². The molecule has 0 aliphatic carbocycles. The number of likely N-dealkylation sites (N-methyl/N-ethyl adjacent to an activating group) is 1. The van der Waals surface area contributed by atoms with Crippen LogP contribution in [-0.2, 0) is 11.2 Å². The van der Waals surface area contributed by atoms with Gasteiger partial charge in [0.05, 0.1) is 26.5 Å². The first-order valence-corrected chi connectivity index (χ1v) is 9.62. The topological polar surface area (TPSA) is 50.8 Å². The Balaban J connectivity index is 1.86. The summed E-state index contributed by atoms with van der Waals surface area (Å²) in [5.74, 6) is 1.43. The summed E-state index contributed by atoms with van der Waals surface area (Å²) < 4.78 is 10.6. The fraction of sp³-hybridized carbons (Fsp3) is 0.350. The molecule has 6 heteroatoms. The second kappa shape index (κ2) is 10.1. The second-order valence-electron chi connectivity index (χ2n) is 5.93. The summed E-state index contributed by atoms with van der Waals surface area (Å²) in [4.78, 5) is 15.4. The summed E-state index contributed by atoms with van der Waals surface area (Å²) in [6, 6.07) is 13.7.